The van der Waals surface area contributed by atoms with Crippen molar-refractivity contribution < 1.29 is 9.72 Å². The van der Waals surface area contributed by atoms with Crippen molar-refractivity contribution in [2.24, 2.45) is 5.92 Å². The van der Waals surface area contributed by atoms with E-state index in [1.807, 2.05) is 0 Å². The second-order valence-electron chi connectivity index (χ2n) is 4.20. The van der Waals surface area contributed by atoms with E-state index in [4.69, 9.17) is 5.73 Å². The van der Waals surface area contributed by atoms with E-state index in [9.17, 15) is 14.9 Å². The maximum atomic E-state index is 11.8. The number of nitro groups is 1. The van der Waals surface area contributed by atoms with Crippen molar-refractivity contribution in [1.29, 1.82) is 0 Å². The molecule has 1 aliphatic rings. The largest absolute Gasteiger partial charge is 0.397 e. The first-order chi connectivity index (χ1) is 8.52. The third-order valence-electron chi connectivity index (χ3n) is 3.00. The number of nitrogens with two attached hydrogens (primary N) is 1. The van der Waals surface area contributed by atoms with E-state index in [-0.39, 0.29) is 17.5 Å². The summed E-state index contributed by atoms with van der Waals surface area (Å²) in [6.07, 6.45) is 2.08. The Morgan fingerprint density at radius 1 is 1.56 bits per heavy atom. The molecule has 0 bridgehead atoms. The smallest absolute Gasteiger partial charge is 0.271 e. The maximum Gasteiger partial charge on any atom is 0.271 e. The summed E-state index contributed by atoms with van der Waals surface area (Å²) >= 11 is 0. The van der Waals surface area contributed by atoms with E-state index in [2.05, 4.69) is 6.58 Å². The predicted molar refractivity (Wildman–Crippen MR) is 68.2 cm³/mol. The van der Waals surface area contributed by atoms with Gasteiger partial charge >= 0.3 is 0 Å². The van der Waals surface area contributed by atoms with Gasteiger partial charge in [0.25, 0.3) is 5.69 Å². The van der Waals surface area contributed by atoms with Crippen molar-refractivity contribution in [2.45, 2.75) is 6.42 Å². The molecule has 1 aromatic carbocycles. The fourth-order valence-electron chi connectivity index (χ4n) is 2.01. The Kier molecular flexibility index (Phi) is 3.01. The molecule has 1 atom stereocenters. The molecule has 1 saturated heterocycles. The Morgan fingerprint density at radius 3 is 2.83 bits per heavy atom. The zero-order valence-electron chi connectivity index (χ0n) is 9.70. The van der Waals surface area contributed by atoms with Crippen LogP contribution in [-0.2, 0) is 4.79 Å². The average molecular weight is 247 g/mol. The molecule has 1 aromatic rings. The van der Waals surface area contributed by atoms with E-state index >= 15 is 0 Å². The molecule has 0 aliphatic carbocycles. The molecule has 0 aromatic heterocycles. The van der Waals surface area contributed by atoms with E-state index < -0.39 is 4.92 Å². The minimum absolute atomic E-state index is 0.0659. The number of nitrogens with zero attached hydrogens (tertiary/aromatic N) is 2. The maximum absolute atomic E-state index is 11.8. The van der Waals surface area contributed by atoms with E-state index in [0.717, 1.165) is 0 Å². The van der Waals surface area contributed by atoms with Crippen LogP contribution in [0, 0.1) is 16.0 Å². The van der Waals surface area contributed by atoms with Crippen molar-refractivity contribution in [3.8, 4) is 0 Å². The molecule has 18 heavy (non-hydrogen) atoms. The van der Waals surface area contributed by atoms with Gasteiger partial charge in [0, 0.05) is 31.0 Å². The molecule has 6 heteroatoms. The van der Waals surface area contributed by atoms with Gasteiger partial charge in [0.15, 0.2) is 0 Å². The number of carbonyl (C=O) groups excluding carboxylic acids is 1. The Balaban J connectivity index is 2.38. The summed E-state index contributed by atoms with van der Waals surface area (Å²) < 4.78 is 0. The molecule has 1 amide bonds. The highest BCUT2D eigenvalue weighted by molar-refractivity contribution is 5.99. The van der Waals surface area contributed by atoms with Crippen LogP contribution in [0.4, 0.5) is 17.1 Å². The van der Waals surface area contributed by atoms with Gasteiger partial charge in [-0.05, 0) is 6.07 Å². The van der Waals surface area contributed by atoms with Crippen LogP contribution in [0.5, 0.6) is 0 Å². The molecule has 2 rings (SSSR count). The number of benzene rings is 1. The fraction of sp³-hybridized carbons (Fsp3) is 0.250. The molecule has 6 nitrogen and oxygen atoms in total. The second-order valence-corrected chi connectivity index (χ2v) is 4.20. The third kappa shape index (κ3) is 2.04. The lowest BCUT2D eigenvalue weighted by Crippen LogP contribution is -2.25. The number of amides is 1. The molecule has 1 aliphatic heterocycles. The Morgan fingerprint density at radius 2 is 2.28 bits per heavy atom. The Hall–Kier alpha value is -2.37. The summed E-state index contributed by atoms with van der Waals surface area (Å²) in [5, 5.41) is 10.7. The quantitative estimate of drug-likeness (QED) is 0.381. The molecule has 1 unspecified atom stereocenters. The zero-order chi connectivity index (χ0) is 13.3. The molecule has 0 spiro atoms. The highest BCUT2D eigenvalue weighted by Gasteiger charge is 2.30. The average Bonchev–Trinajstić information content (AvgIpc) is 2.71. The summed E-state index contributed by atoms with van der Waals surface area (Å²) in [5.41, 5.74) is 6.46. The van der Waals surface area contributed by atoms with E-state index in [1.165, 1.54) is 23.1 Å². The molecular formula is C12H13N3O3. The standard InChI is InChI=1S/C12H13N3O3/c1-2-8-5-12(16)14(7-8)11-6-9(15(17)18)3-4-10(11)13/h2-4,6,8H,1,5,7,13H2. The van der Waals surface area contributed by atoms with Crippen LogP contribution in [0.25, 0.3) is 0 Å². The number of non-ortho nitro benzene ring substituents is 1. The van der Waals surface area contributed by atoms with Crippen LogP contribution in [0.3, 0.4) is 0 Å². The van der Waals surface area contributed by atoms with Crippen LogP contribution < -0.4 is 10.6 Å². The minimum atomic E-state index is -0.505. The van der Waals surface area contributed by atoms with Gasteiger partial charge in [-0.15, -0.1) is 6.58 Å². The lowest BCUT2D eigenvalue weighted by molar-refractivity contribution is -0.384. The fourth-order valence-corrected chi connectivity index (χ4v) is 2.01. The van der Waals surface area contributed by atoms with Crippen LogP contribution in [0.15, 0.2) is 30.9 Å². The normalized spacial score (nSPS) is 19.0. The molecule has 1 heterocycles. The summed E-state index contributed by atoms with van der Waals surface area (Å²) in [4.78, 5) is 23.5. The van der Waals surface area contributed by atoms with Gasteiger partial charge in [0.05, 0.1) is 16.3 Å². The number of anilines is 2. The van der Waals surface area contributed by atoms with Gasteiger partial charge in [0.1, 0.15) is 0 Å². The molecule has 94 valence electrons. The predicted octanol–water partition coefficient (Wildman–Crippen LogP) is 1.72. The van der Waals surface area contributed by atoms with E-state index in [0.29, 0.717) is 24.3 Å². The van der Waals surface area contributed by atoms with Crippen LogP contribution in [0.2, 0.25) is 0 Å². The van der Waals surface area contributed by atoms with Crippen molar-refractivity contribution in [2.75, 3.05) is 17.2 Å². The Labute approximate surface area is 104 Å². The second kappa shape index (κ2) is 4.48. The van der Waals surface area contributed by atoms with Gasteiger partial charge in [-0.25, -0.2) is 0 Å². The number of carbonyl (C=O) groups is 1. The zero-order valence-corrected chi connectivity index (χ0v) is 9.70. The van der Waals surface area contributed by atoms with Crippen LogP contribution >= 0.6 is 0 Å². The van der Waals surface area contributed by atoms with Crippen LogP contribution in [0.1, 0.15) is 6.42 Å². The molecule has 1 fully saturated rings. The summed E-state index contributed by atoms with van der Waals surface area (Å²) in [7, 11) is 0. The van der Waals surface area contributed by atoms with E-state index in [1.54, 1.807) is 6.08 Å². The molecule has 0 saturated carbocycles. The number of hydrogen-bond donors (Lipinski definition) is 1. The monoisotopic (exact) mass is 247 g/mol. The minimum Gasteiger partial charge on any atom is -0.397 e. The van der Waals surface area contributed by atoms with Crippen molar-refractivity contribution in [3.05, 3.63) is 41.0 Å². The number of nitrogen functional groups attached to an aromatic ring is 1. The topological polar surface area (TPSA) is 89.5 Å². The van der Waals surface area contributed by atoms with Gasteiger partial charge in [0.2, 0.25) is 5.91 Å². The highest BCUT2D eigenvalue weighted by atomic mass is 16.6. The molecule has 0 radical (unpaired) electrons. The summed E-state index contributed by atoms with van der Waals surface area (Å²) in [5.74, 6) is -0.0248. The number of hydrogen-bond acceptors (Lipinski definition) is 4. The number of nitro benzene ring substituents is 1. The van der Waals surface area contributed by atoms with Gasteiger partial charge in [-0.1, -0.05) is 6.08 Å². The van der Waals surface area contributed by atoms with Gasteiger partial charge in [-0.3, -0.25) is 14.9 Å². The lowest BCUT2D eigenvalue weighted by atomic mass is 10.1. The van der Waals surface area contributed by atoms with Crippen molar-refractivity contribution in [1.82, 2.24) is 0 Å². The first kappa shape index (κ1) is 12.1. The van der Waals surface area contributed by atoms with Gasteiger partial charge in [-0.2, -0.15) is 0 Å². The SMILES string of the molecule is C=CC1CC(=O)N(c2cc([N+](=O)[O-])ccc2N)C1. The first-order valence-electron chi connectivity index (χ1n) is 5.49. The lowest BCUT2D eigenvalue weighted by Gasteiger charge is -2.18. The molecular weight excluding hydrogens is 234 g/mol. The van der Waals surface area contributed by atoms with Crippen LogP contribution in [-0.4, -0.2) is 17.4 Å². The number of rotatable bonds is 3. The Bertz CT molecular complexity index is 527. The highest BCUT2D eigenvalue weighted by Crippen LogP contribution is 2.32. The summed E-state index contributed by atoms with van der Waals surface area (Å²) in [6, 6.07) is 4.10. The first-order valence-corrected chi connectivity index (χ1v) is 5.49. The van der Waals surface area contributed by atoms with Gasteiger partial charge < -0.3 is 10.6 Å². The third-order valence-corrected chi connectivity index (χ3v) is 3.00. The van der Waals surface area contributed by atoms with Crippen molar-refractivity contribution >= 4 is 23.0 Å². The van der Waals surface area contributed by atoms with Crippen molar-refractivity contribution in [3.63, 3.8) is 0 Å². The summed E-state index contributed by atoms with van der Waals surface area (Å²) in [6.45, 7) is 4.12. The molecule has 2 N–H and O–H groups in total.